The van der Waals surface area contributed by atoms with Crippen molar-refractivity contribution in [2.45, 2.75) is 11.8 Å². The molecule has 3 rings (SSSR count). The molecule has 0 atom stereocenters. The largest absolute Gasteiger partial charge is 0.477 e. The third kappa shape index (κ3) is 3.13. The van der Waals surface area contributed by atoms with Gasteiger partial charge in [0.25, 0.3) is 5.56 Å². The Morgan fingerprint density at radius 1 is 1.29 bits per heavy atom. The molecule has 0 aliphatic rings. The lowest BCUT2D eigenvalue weighted by Crippen LogP contribution is -2.09. The van der Waals surface area contributed by atoms with Crippen molar-refractivity contribution in [2.24, 2.45) is 0 Å². The Kier molecular flexibility index (Phi) is 4.55. The van der Waals surface area contributed by atoms with Gasteiger partial charge < -0.3 is 10.1 Å². The Morgan fingerprint density at radius 3 is 2.62 bits per heavy atom. The van der Waals surface area contributed by atoms with Crippen LogP contribution in [0.25, 0.3) is 22.4 Å². The number of aromatic amines is 1. The summed E-state index contributed by atoms with van der Waals surface area (Å²) in [5, 5.41) is 9.52. The van der Waals surface area contributed by atoms with E-state index in [4.69, 9.17) is 0 Å². The summed E-state index contributed by atoms with van der Waals surface area (Å²) in [6, 6.07) is 8.00. The monoisotopic (exact) mass is 358 g/mol. The third-order valence-corrected chi connectivity index (χ3v) is 5.48. The molecular formula is C17H14N2O3S2. The number of benzene rings is 1. The number of thioether (sulfide) groups is 1. The SMILES string of the molecule is CSc1ccc(/C=C/c2nc3sc(C(=O)O)c(C)c3c(=O)[nH]2)cc1. The second-order valence-electron chi connectivity index (χ2n) is 5.10. The first-order valence-electron chi connectivity index (χ1n) is 7.08. The fourth-order valence-electron chi connectivity index (χ4n) is 2.33. The third-order valence-electron chi connectivity index (χ3n) is 3.56. The van der Waals surface area contributed by atoms with Crippen LogP contribution in [0.4, 0.5) is 0 Å². The highest BCUT2D eigenvalue weighted by atomic mass is 32.2. The molecule has 2 heterocycles. The Bertz CT molecular complexity index is 1000. The molecule has 2 aromatic heterocycles. The van der Waals surface area contributed by atoms with Crippen molar-refractivity contribution in [1.82, 2.24) is 9.97 Å². The summed E-state index contributed by atoms with van der Waals surface area (Å²) in [5.74, 6) is -0.638. The molecule has 0 saturated heterocycles. The van der Waals surface area contributed by atoms with Crippen molar-refractivity contribution in [2.75, 3.05) is 6.26 Å². The standard InChI is InChI=1S/C17H14N2O3S2/c1-9-13-15(20)18-12(19-16(13)24-14(9)17(21)22)8-5-10-3-6-11(23-2)7-4-10/h3-8H,1-2H3,(H,21,22)(H,18,19,20)/b8-5+. The Hall–Kier alpha value is -2.38. The number of aromatic carboxylic acids is 1. The van der Waals surface area contributed by atoms with Gasteiger partial charge in [-0.2, -0.15) is 0 Å². The smallest absolute Gasteiger partial charge is 0.346 e. The number of aromatic nitrogens is 2. The van der Waals surface area contributed by atoms with E-state index in [-0.39, 0.29) is 10.4 Å². The molecule has 7 heteroatoms. The summed E-state index contributed by atoms with van der Waals surface area (Å²) in [6.45, 7) is 1.63. The summed E-state index contributed by atoms with van der Waals surface area (Å²) in [4.78, 5) is 32.2. The molecule has 0 aliphatic heterocycles. The maximum atomic E-state index is 12.2. The fraction of sp³-hybridized carbons (Fsp3) is 0.118. The lowest BCUT2D eigenvalue weighted by molar-refractivity contribution is 0.0701. The topological polar surface area (TPSA) is 83.0 Å². The van der Waals surface area contributed by atoms with Crippen LogP contribution < -0.4 is 5.56 Å². The Labute approximate surface area is 146 Å². The molecule has 0 radical (unpaired) electrons. The highest BCUT2D eigenvalue weighted by Crippen LogP contribution is 2.27. The first-order valence-corrected chi connectivity index (χ1v) is 9.12. The highest BCUT2D eigenvalue weighted by molar-refractivity contribution is 7.98. The van der Waals surface area contributed by atoms with E-state index < -0.39 is 5.97 Å². The van der Waals surface area contributed by atoms with Gasteiger partial charge in [-0.3, -0.25) is 4.79 Å². The van der Waals surface area contributed by atoms with Crippen molar-refractivity contribution in [3.63, 3.8) is 0 Å². The summed E-state index contributed by atoms with van der Waals surface area (Å²) in [6.07, 6.45) is 5.58. The minimum Gasteiger partial charge on any atom is -0.477 e. The molecular weight excluding hydrogens is 344 g/mol. The number of carboxylic acids is 1. The number of hydrogen-bond acceptors (Lipinski definition) is 5. The number of nitrogens with zero attached hydrogens (tertiary/aromatic N) is 1. The van der Waals surface area contributed by atoms with Crippen molar-refractivity contribution in [3.8, 4) is 0 Å². The minimum absolute atomic E-state index is 0.150. The average molecular weight is 358 g/mol. The summed E-state index contributed by atoms with van der Waals surface area (Å²) in [5.41, 5.74) is 1.13. The summed E-state index contributed by atoms with van der Waals surface area (Å²) >= 11 is 2.69. The van der Waals surface area contributed by atoms with E-state index in [1.165, 1.54) is 4.90 Å². The van der Waals surface area contributed by atoms with Crippen molar-refractivity contribution in [1.29, 1.82) is 0 Å². The second kappa shape index (κ2) is 6.62. The van der Waals surface area contributed by atoms with E-state index in [1.54, 1.807) is 24.8 Å². The zero-order valence-corrected chi connectivity index (χ0v) is 14.6. The van der Waals surface area contributed by atoms with Crippen LogP contribution in [0.3, 0.4) is 0 Å². The number of hydrogen-bond donors (Lipinski definition) is 2. The van der Waals surface area contributed by atoms with Crippen molar-refractivity contribution < 1.29 is 9.90 Å². The second-order valence-corrected chi connectivity index (χ2v) is 6.98. The molecule has 24 heavy (non-hydrogen) atoms. The number of nitrogens with one attached hydrogen (secondary N) is 1. The number of rotatable bonds is 4. The predicted molar refractivity (Wildman–Crippen MR) is 99.1 cm³/mol. The number of H-pyrrole nitrogens is 1. The number of carbonyl (C=O) groups is 1. The van der Waals surface area contributed by atoms with Gasteiger partial charge in [-0.05, 0) is 42.5 Å². The molecule has 0 bridgehead atoms. The van der Waals surface area contributed by atoms with E-state index in [0.29, 0.717) is 21.6 Å². The van der Waals surface area contributed by atoms with Gasteiger partial charge in [-0.15, -0.1) is 23.1 Å². The van der Waals surface area contributed by atoms with Crippen LogP contribution >= 0.6 is 23.1 Å². The summed E-state index contributed by atoms with van der Waals surface area (Å²) < 4.78 is 0. The molecule has 0 aliphatic carbocycles. The van der Waals surface area contributed by atoms with Gasteiger partial charge in [0, 0.05) is 4.90 Å². The lowest BCUT2D eigenvalue weighted by Gasteiger charge is -1.98. The van der Waals surface area contributed by atoms with E-state index >= 15 is 0 Å². The van der Waals surface area contributed by atoms with Crippen LogP contribution in [0.15, 0.2) is 34.0 Å². The van der Waals surface area contributed by atoms with Gasteiger partial charge in [-0.25, -0.2) is 9.78 Å². The van der Waals surface area contributed by atoms with Gasteiger partial charge in [0.05, 0.1) is 5.39 Å². The van der Waals surface area contributed by atoms with Crippen molar-refractivity contribution >= 4 is 51.4 Å². The van der Waals surface area contributed by atoms with Crippen LogP contribution in [0.1, 0.15) is 26.6 Å². The maximum Gasteiger partial charge on any atom is 0.346 e. The maximum absolute atomic E-state index is 12.2. The van der Waals surface area contributed by atoms with Gasteiger partial charge in [0.15, 0.2) is 0 Å². The quantitative estimate of drug-likeness (QED) is 0.692. The van der Waals surface area contributed by atoms with E-state index in [2.05, 4.69) is 9.97 Å². The first-order chi connectivity index (χ1) is 11.5. The minimum atomic E-state index is -1.04. The van der Waals surface area contributed by atoms with E-state index in [0.717, 1.165) is 16.9 Å². The molecule has 3 aromatic rings. The average Bonchev–Trinajstić information content (AvgIpc) is 2.91. The highest BCUT2D eigenvalue weighted by Gasteiger charge is 2.18. The van der Waals surface area contributed by atoms with Crippen LogP contribution in [0.5, 0.6) is 0 Å². The number of fused-ring (bicyclic) bond motifs is 1. The van der Waals surface area contributed by atoms with E-state index in [1.807, 2.05) is 36.6 Å². The molecule has 0 saturated carbocycles. The zero-order chi connectivity index (χ0) is 17.3. The Morgan fingerprint density at radius 2 is 2.00 bits per heavy atom. The summed E-state index contributed by atoms with van der Waals surface area (Å²) in [7, 11) is 0. The van der Waals surface area contributed by atoms with Gasteiger partial charge in [0.1, 0.15) is 15.5 Å². The van der Waals surface area contributed by atoms with Gasteiger partial charge in [0.2, 0.25) is 0 Å². The molecule has 0 amide bonds. The fourth-order valence-corrected chi connectivity index (χ4v) is 3.77. The number of carboxylic acid groups (broad SMARTS) is 1. The molecule has 0 spiro atoms. The van der Waals surface area contributed by atoms with E-state index in [9.17, 15) is 14.7 Å². The Balaban J connectivity index is 1.99. The number of thiophene rings is 1. The lowest BCUT2D eigenvalue weighted by atomic mass is 10.2. The van der Waals surface area contributed by atoms with Gasteiger partial charge in [-0.1, -0.05) is 18.2 Å². The predicted octanol–water partition coefficient (Wildman–Crippen LogP) is 3.88. The molecule has 2 N–H and O–H groups in total. The molecule has 122 valence electrons. The molecule has 1 aromatic carbocycles. The molecule has 0 fully saturated rings. The van der Waals surface area contributed by atoms with Gasteiger partial charge >= 0.3 is 5.97 Å². The van der Waals surface area contributed by atoms with Crippen LogP contribution in [0, 0.1) is 6.92 Å². The zero-order valence-electron chi connectivity index (χ0n) is 13.0. The number of aryl methyl sites for hydroxylation is 1. The van der Waals surface area contributed by atoms with Crippen LogP contribution in [-0.2, 0) is 0 Å². The molecule has 0 unspecified atom stereocenters. The van der Waals surface area contributed by atoms with Crippen molar-refractivity contribution in [3.05, 3.63) is 56.4 Å². The first kappa shape index (κ1) is 16.5. The normalized spacial score (nSPS) is 11.4. The van der Waals surface area contributed by atoms with Crippen LogP contribution in [-0.4, -0.2) is 27.3 Å². The van der Waals surface area contributed by atoms with Crippen LogP contribution in [0.2, 0.25) is 0 Å². The molecule has 5 nitrogen and oxygen atoms in total.